The van der Waals surface area contributed by atoms with Gasteiger partial charge in [0.1, 0.15) is 5.01 Å². The van der Waals surface area contributed by atoms with E-state index in [-0.39, 0.29) is 11.8 Å². The Labute approximate surface area is 162 Å². The van der Waals surface area contributed by atoms with Crippen LogP contribution >= 0.6 is 11.3 Å². The third-order valence-electron chi connectivity index (χ3n) is 5.03. The third kappa shape index (κ3) is 3.53. The number of piperidine rings is 1. The van der Waals surface area contributed by atoms with Gasteiger partial charge in [-0.3, -0.25) is 4.79 Å². The van der Waals surface area contributed by atoms with Gasteiger partial charge in [-0.1, -0.05) is 30.4 Å². The highest BCUT2D eigenvalue weighted by Gasteiger charge is 2.29. The summed E-state index contributed by atoms with van der Waals surface area (Å²) in [6, 6.07) is 8.20. The second-order valence-electron chi connectivity index (χ2n) is 6.77. The molecule has 2 aromatic heterocycles. The van der Waals surface area contributed by atoms with Crippen molar-refractivity contribution in [3.63, 3.8) is 0 Å². The van der Waals surface area contributed by atoms with Crippen LogP contribution in [0.4, 0.5) is 11.1 Å². The molecule has 3 aromatic rings. The number of anilines is 2. The number of nitrogens with one attached hydrogen (secondary N) is 1. The van der Waals surface area contributed by atoms with Gasteiger partial charge in [0.15, 0.2) is 0 Å². The minimum absolute atomic E-state index is 0.0256. The Morgan fingerprint density at radius 1 is 1.30 bits per heavy atom. The van der Waals surface area contributed by atoms with Crippen LogP contribution in [-0.4, -0.2) is 38.7 Å². The second-order valence-corrected chi connectivity index (χ2v) is 7.84. The molecule has 0 spiro atoms. The van der Waals surface area contributed by atoms with E-state index in [0.717, 1.165) is 54.3 Å². The zero-order valence-electron chi connectivity index (χ0n) is 15.7. The molecule has 1 aliphatic rings. The fourth-order valence-electron chi connectivity index (χ4n) is 3.64. The van der Waals surface area contributed by atoms with Gasteiger partial charge in [0.25, 0.3) is 0 Å². The Morgan fingerprint density at radius 2 is 2.15 bits per heavy atom. The Kier molecular flexibility index (Phi) is 5.07. The van der Waals surface area contributed by atoms with Gasteiger partial charge in [-0.25, -0.2) is 4.98 Å². The van der Waals surface area contributed by atoms with Gasteiger partial charge in [0, 0.05) is 19.6 Å². The van der Waals surface area contributed by atoms with Crippen molar-refractivity contribution in [2.24, 2.45) is 5.92 Å². The molecule has 1 aromatic carbocycles. The number of benzene rings is 1. The fraction of sp³-hybridized carbons (Fsp3) is 0.474. The van der Waals surface area contributed by atoms with E-state index in [1.165, 1.54) is 11.3 Å². The largest absolute Gasteiger partial charge is 0.341 e. The molecule has 0 bridgehead atoms. The number of aryl methyl sites for hydroxylation is 2. The molecule has 4 rings (SSSR count). The molecule has 27 heavy (non-hydrogen) atoms. The predicted molar refractivity (Wildman–Crippen MR) is 108 cm³/mol. The maximum Gasteiger partial charge on any atom is 0.231 e. The van der Waals surface area contributed by atoms with Crippen LogP contribution in [0, 0.1) is 5.92 Å². The van der Waals surface area contributed by atoms with Gasteiger partial charge < -0.3 is 14.8 Å². The number of carbonyl (C=O) groups is 1. The molecule has 1 aliphatic heterocycles. The average Bonchev–Trinajstić information content (AvgIpc) is 3.31. The molecule has 1 amide bonds. The van der Waals surface area contributed by atoms with Crippen LogP contribution in [0.3, 0.4) is 0 Å². The zero-order chi connectivity index (χ0) is 18.8. The molecular weight excluding hydrogens is 360 g/mol. The number of imidazole rings is 1. The van der Waals surface area contributed by atoms with Gasteiger partial charge in [-0.05, 0) is 38.3 Å². The summed E-state index contributed by atoms with van der Waals surface area (Å²) in [5, 5.41) is 12.6. The van der Waals surface area contributed by atoms with Crippen molar-refractivity contribution in [1.29, 1.82) is 0 Å². The molecule has 0 unspecified atom stereocenters. The molecule has 0 radical (unpaired) electrons. The second kappa shape index (κ2) is 7.64. The molecule has 1 atom stereocenters. The van der Waals surface area contributed by atoms with Crippen LogP contribution in [0.15, 0.2) is 24.3 Å². The van der Waals surface area contributed by atoms with Crippen molar-refractivity contribution in [3.8, 4) is 0 Å². The molecular formula is C19H24N6OS. The molecule has 1 saturated heterocycles. The summed E-state index contributed by atoms with van der Waals surface area (Å²) in [6.07, 6.45) is 2.69. The van der Waals surface area contributed by atoms with E-state index >= 15 is 0 Å². The molecule has 3 heterocycles. The minimum Gasteiger partial charge on any atom is -0.341 e. The van der Waals surface area contributed by atoms with Gasteiger partial charge in [-0.15, -0.1) is 10.2 Å². The number of amides is 1. The Hall–Kier alpha value is -2.48. The number of nitrogens with zero attached hydrogens (tertiary/aromatic N) is 5. The van der Waals surface area contributed by atoms with E-state index in [2.05, 4.69) is 38.0 Å². The van der Waals surface area contributed by atoms with E-state index in [4.69, 9.17) is 4.98 Å². The third-order valence-corrected chi connectivity index (χ3v) is 6.01. The first-order chi connectivity index (χ1) is 13.2. The van der Waals surface area contributed by atoms with E-state index < -0.39 is 0 Å². The normalized spacial score (nSPS) is 17.4. The summed E-state index contributed by atoms with van der Waals surface area (Å²) in [6.45, 7) is 6.62. The first kappa shape index (κ1) is 17.9. The van der Waals surface area contributed by atoms with Crippen molar-refractivity contribution in [2.45, 2.75) is 39.7 Å². The van der Waals surface area contributed by atoms with E-state index in [9.17, 15) is 4.79 Å². The number of rotatable bonds is 5. The lowest BCUT2D eigenvalue weighted by Crippen LogP contribution is -2.41. The van der Waals surface area contributed by atoms with Gasteiger partial charge in [0.05, 0.1) is 17.0 Å². The van der Waals surface area contributed by atoms with Crippen LogP contribution in [0.25, 0.3) is 11.0 Å². The van der Waals surface area contributed by atoms with Gasteiger partial charge in [0.2, 0.25) is 17.0 Å². The summed E-state index contributed by atoms with van der Waals surface area (Å²) >= 11 is 1.45. The minimum atomic E-state index is -0.0714. The summed E-state index contributed by atoms with van der Waals surface area (Å²) in [7, 11) is 0. The standard InChI is InChI=1S/C19H24N6OS/c1-3-16-22-23-18(27-16)21-17(26)13-8-7-11-24(12-13)19-20-14-9-5-6-10-15(14)25(19)4-2/h5-6,9-10,13H,3-4,7-8,11-12H2,1-2H3,(H,21,23,26)/t13-/m0/s1. The lowest BCUT2D eigenvalue weighted by Gasteiger charge is -2.32. The lowest BCUT2D eigenvalue weighted by atomic mass is 9.97. The first-order valence-corrected chi connectivity index (χ1v) is 10.3. The fourth-order valence-corrected chi connectivity index (χ4v) is 4.33. The summed E-state index contributed by atoms with van der Waals surface area (Å²) in [4.78, 5) is 19.8. The number of para-hydroxylation sites is 2. The van der Waals surface area contributed by atoms with E-state index in [1.807, 2.05) is 25.1 Å². The molecule has 142 valence electrons. The van der Waals surface area contributed by atoms with E-state index in [1.54, 1.807) is 0 Å². The van der Waals surface area contributed by atoms with Crippen molar-refractivity contribution < 1.29 is 4.79 Å². The Balaban J connectivity index is 1.52. The highest BCUT2D eigenvalue weighted by Crippen LogP contribution is 2.27. The van der Waals surface area contributed by atoms with E-state index in [0.29, 0.717) is 11.7 Å². The number of carbonyl (C=O) groups excluding carboxylic acids is 1. The maximum atomic E-state index is 12.7. The quantitative estimate of drug-likeness (QED) is 0.730. The number of hydrogen-bond acceptors (Lipinski definition) is 6. The monoisotopic (exact) mass is 384 g/mol. The molecule has 7 nitrogen and oxygen atoms in total. The van der Waals surface area contributed by atoms with Gasteiger partial charge in [-0.2, -0.15) is 0 Å². The highest BCUT2D eigenvalue weighted by molar-refractivity contribution is 7.15. The summed E-state index contributed by atoms with van der Waals surface area (Å²) < 4.78 is 2.23. The Bertz CT molecular complexity index is 949. The lowest BCUT2D eigenvalue weighted by molar-refractivity contribution is -0.120. The van der Waals surface area contributed by atoms with Crippen LogP contribution in [-0.2, 0) is 17.8 Å². The maximum absolute atomic E-state index is 12.7. The van der Waals surface area contributed by atoms with Crippen LogP contribution in [0.2, 0.25) is 0 Å². The number of hydrogen-bond donors (Lipinski definition) is 1. The van der Waals surface area contributed by atoms with Crippen molar-refractivity contribution in [2.75, 3.05) is 23.3 Å². The summed E-state index contributed by atoms with van der Waals surface area (Å²) in [5.41, 5.74) is 2.14. The molecule has 1 N–H and O–H groups in total. The van der Waals surface area contributed by atoms with Crippen LogP contribution in [0.1, 0.15) is 31.7 Å². The zero-order valence-corrected chi connectivity index (χ0v) is 16.5. The topological polar surface area (TPSA) is 75.9 Å². The summed E-state index contributed by atoms with van der Waals surface area (Å²) in [5.74, 6) is 0.913. The first-order valence-electron chi connectivity index (χ1n) is 9.53. The molecule has 0 saturated carbocycles. The highest BCUT2D eigenvalue weighted by atomic mass is 32.1. The molecule has 0 aliphatic carbocycles. The smallest absolute Gasteiger partial charge is 0.231 e. The Morgan fingerprint density at radius 3 is 2.93 bits per heavy atom. The number of fused-ring (bicyclic) bond motifs is 1. The SMILES string of the molecule is CCc1nnc(NC(=O)[C@H]2CCCN(c3nc4ccccc4n3CC)C2)s1. The van der Waals surface area contributed by atoms with Crippen LogP contribution in [0.5, 0.6) is 0 Å². The molecule has 8 heteroatoms. The van der Waals surface area contributed by atoms with Crippen LogP contribution < -0.4 is 10.2 Å². The average molecular weight is 385 g/mol. The number of aromatic nitrogens is 4. The predicted octanol–water partition coefficient (Wildman–Crippen LogP) is 3.33. The van der Waals surface area contributed by atoms with Crippen molar-refractivity contribution in [3.05, 3.63) is 29.3 Å². The van der Waals surface area contributed by atoms with Crippen molar-refractivity contribution >= 4 is 39.4 Å². The molecule has 1 fully saturated rings. The van der Waals surface area contributed by atoms with Crippen molar-refractivity contribution in [1.82, 2.24) is 19.7 Å². The van der Waals surface area contributed by atoms with Gasteiger partial charge >= 0.3 is 0 Å².